The molecule has 0 unspecified atom stereocenters. The highest BCUT2D eigenvalue weighted by Gasteiger charge is 2.19. The van der Waals surface area contributed by atoms with Crippen molar-refractivity contribution in [3.8, 4) is 11.3 Å². The normalized spacial score (nSPS) is 18.2. The van der Waals surface area contributed by atoms with E-state index < -0.39 is 0 Å². The van der Waals surface area contributed by atoms with E-state index in [9.17, 15) is 0 Å². The first-order chi connectivity index (χ1) is 15.2. The summed E-state index contributed by atoms with van der Waals surface area (Å²) >= 11 is 0. The van der Waals surface area contributed by atoms with Crippen LogP contribution in [-0.4, -0.2) is 65.7 Å². The third-order valence-corrected chi connectivity index (χ3v) is 6.44. The van der Waals surface area contributed by atoms with Crippen molar-refractivity contribution in [3.63, 3.8) is 0 Å². The molecular weight excluding hydrogens is 386 g/mol. The smallest absolute Gasteiger partial charge is 0.224 e. The Morgan fingerprint density at radius 3 is 2.52 bits per heavy atom. The Balaban J connectivity index is 1.53. The second kappa shape index (κ2) is 10.8. The fraction of sp³-hybridized carbons (Fsp3) is 0.625. The molecule has 0 bridgehead atoms. The number of nitrogens with one attached hydrogen (secondary N) is 2. The van der Waals surface area contributed by atoms with Crippen molar-refractivity contribution in [2.24, 2.45) is 0 Å². The monoisotopic (exact) mass is 423 g/mol. The highest BCUT2D eigenvalue weighted by Crippen LogP contribution is 2.29. The van der Waals surface area contributed by atoms with Gasteiger partial charge < -0.3 is 20.4 Å². The summed E-state index contributed by atoms with van der Waals surface area (Å²) < 4.78 is 0. The topological polar surface area (TPSA) is 69.2 Å². The summed E-state index contributed by atoms with van der Waals surface area (Å²) in [5, 5.41) is 7.08. The molecule has 2 fully saturated rings. The van der Waals surface area contributed by atoms with Crippen LogP contribution in [-0.2, 0) is 0 Å². The van der Waals surface area contributed by atoms with E-state index in [0.717, 1.165) is 62.6 Å². The number of likely N-dealkylation sites (N-methyl/N-ethyl adjacent to an activating group) is 1. The molecule has 2 aromatic rings. The molecule has 0 atom stereocenters. The van der Waals surface area contributed by atoms with Gasteiger partial charge in [0.15, 0.2) is 0 Å². The molecule has 1 aliphatic carbocycles. The maximum Gasteiger partial charge on any atom is 0.224 e. The van der Waals surface area contributed by atoms with Crippen molar-refractivity contribution in [2.45, 2.75) is 57.9 Å². The lowest BCUT2D eigenvalue weighted by molar-refractivity contribution is 0.313. The van der Waals surface area contributed by atoms with Gasteiger partial charge in [-0.3, -0.25) is 4.98 Å². The predicted molar refractivity (Wildman–Crippen MR) is 129 cm³/mol. The van der Waals surface area contributed by atoms with Gasteiger partial charge in [0.2, 0.25) is 5.95 Å². The van der Waals surface area contributed by atoms with Gasteiger partial charge in [0.1, 0.15) is 5.82 Å². The molecule has 4 rings (SSSR count). The lowest BCUT2D eigenvalue weighted by Gasteiger charge is -2.33. The van der Waals surface area contributed by atoms with Crippen molar-refractivity contribution in [1.82, 2.24) is 19.9 Å². The van der Waals surface area contributed by atoms with E-state index in [0.29, 0.717) is 12.0 Å². The van der Waals surface area contributed by atoms with Gasteiger partial charge in [-0.25, -0.2) is 4.98 Å². The summed E-state index contributed by atoms with van der Waals surface area (Å²) in [6, 6.07) is 4.78. The number of unbranched alkanes of at least 4 members (excludes halogenated alkanes) is 1. The highest BCUT2D eigenvalue weighted by molar-refractivity contribution is 5.73. The number of aromatic nitrogens is 3. The van der Waals surface area contributed by atoms with Gasteiger partial charge in [-0.15, -0.1) is 0 Å². The largest absolute Gasteiger partial charge is 0.368 e. The number of nitrogens with zero attached hydrogens (tertiary/aromatic N) is 5. The Morgan fingerprint density at radius 2 is 1.81 bits per heavy atom. The van der Waals surface area contributed by atoms with Crippen LogP contribution in [0.25, 0.3) is 11.3 Å². The van der Waals surface area contributed by atoms with Gasteiger partial charge in [-0.05, 0) is 38.4 Å². The van der Waals surface area contributed by atoms with Crippen molar-refractivity contribution >= 4 is 17.5 Å². The Hall–Kier alpha value is -2.41. The molecule has 1 saturated heterocycles. The van der Waals surface area contributed by atoms with E-state index in [-0.39, 0.29) is 0 Å². The van der Waals surface area contributed by atoms with Crippen LogP contribution in [0.1, 0.15) is 51.9 Å². The fourth-order valence-electron chi connectivity index (χ4n) is 4.38. The molecule has 1 saturated carbocycles. The molecule has 0 aromatic carbocycles. The number of hydrogen-bond donors (Lipinski definition) is 2. The summed E-state index contributed by atoms with van der Waals surface area (Å²) in [5.74, 6) is 1.60. The van der Waals surface area contributed by atoms with Crippen LogP contribution < -0.4 is 15.5 Å². The van der Waals surface area contributed by atoms with Crippen LogP contribution in [0, 0.1) is 0 Å². The van der Waals surface area contributed by atoms with Gasteiger partial charge in [-0.1, -0.05) is 32.6 Å². The molecule has 31 heavy (non-hydrogen) atoms. The van der Waals surface area contributed by atoms with Crippen molar-refractivity contribution < 1.29 is 0 Å². The summed E-state index contributed by atoms with van der Waals surface area (Å²) in [4.78, 5) is 19.0. The average molecular weight is 424 g/mol. The Kier molecular flexibility index (Phi) is 7.57. The number of hydrogen-bond acceptors (Lipinski definition) is 7. The minimum Gasteiger partial charge on any atom is -0.368 e. The lowest BCUT2D eigenvalue weighted by Crippen LogP contribution is -2.44. The Morgan fingerprint density at radius 1 is 1.00 bits per heavy atom. The number of anilines is 3. The van der Waals surface area contributed by atoms with E-state index in [1.165, 1.54) is 37.8 Å². The summed E-state index contributed by atoms with van der Waals surface area (Å²) in [6.07, 6.45) is 12.5. The summed E-state index contributed by atoms with van der Waals surface area (Å²) in [6.45, 7) is 7.38. The zero-order valence-corrected chi connectivity index (χ0v) is 19.1. The van der Waals surface area contributed by atoms with Crippen LogP contribution in [0.5, 0.6) is 0 Å². The zero-order valence-electron chi connectivity index (χ0n) is 19.1. The first-order valence-corrected chi connectivity index (χ1v) is 12.0. The highest BCUT2D eigenvalue weighted by atomic mass is 15.2. The molecule has 0 spiro atoms. The molecule has 0 amide bonds. The van der Waals surface area contributed by atoms with Gasteiger partial charge in [0, 0.05) is 45.0 Å². The van der Waals surface area contributed by atoms with E-state index in [2.05, 4.69) is 51.5 Å². The fourth-order valence-corrected chi connectivity index (χ4v) is 4.38. The van der Waals surface area contributed by atoms with Gasteiger partial charge in [-0.2, -0.15) is 4.98 Å². The van der Waals surface area contributed by atoms with E-state index in [1.54, 1.807) is 0 Å². The Bertz CT molecular complexity index is 809. The number of rotatable bonds is 8. The maximum atomic E-state index is 4.85. The quantitative estimate of drug-likeness (QED) is 0.615. The first-order valence-electron chi connectivity index (χ1n) is 12.0. The third kappa shape index (κ3) is 5.85. The standard InChI is InChI=1S/C24H37N7/c1-3-4-12-25-24-27-18-21(23(29-24)28-19-8-6-5-7-9-19)22-11-10-20(17-26-22)31-15-13-30(2)14-16-31/h10-11,17-19H,3-9,12-16H2,1-2H3,(H2,25,27,28,29). The van der Waals surface area contributed by atoms with Crippen LogP contribution >= 0.6 is 0 Å². The maximum absolute atomic E-state index is 4.85. The van der Waals surface area contributed by atoms with Crippen LogP contribution in [0.4, 0.5) is 17.5 Å². The van der Waals surface area contributed by atoms with Gasteiger partial charge in [0.25, 0.3) is 0 Å². The van der Waals surface area contributed by atoms with Crippen LogP contribution in [0.3, 0.4) is 0 Å². The second-order valence-electron chi connectivity index (χ2n) is 8.91. The molecule has 7 heteroatoms. The van der Waals surface area contributed by atoms with Crippen molar-refractivity contribution in [1.29, 1.82) is 0 Å². The van der Waals surface area contributed by atoms with E-state index in [1.807, 2.05) is 12.4 Å². The SMILES string of the molecule is CCCCNc1ncc(-c2ccc(N3CCN(C)CC3)cn2)c(NC2CCCCC2)n1. The van der Waals surface area contributed by atoms with Gasteiger partial charge in [0.05, 0.1) is 23.1 Å². The van der Waals surface area contributed by atoms with E-state index in [4.69, 9.17) is 9.97 Å². The van der Waals surface area contributed by atoms with Gasteiger partial charge >= 0.3 is 0 Å². The third-order valence-electron chi connectivity index (χ3n) is 6.44. The number of piperazine rings is 1. The van der Waals surface area contributed by atoms with E-state index >= 15 is 0 Å². The average Bonchev–Trinajstić information content (AvgIpc) is 2.81. The molecule has 1 aliphatic heterocycles. The lowest BCUT2D eigenvalue weighted by atomic mass is 9.95. The molecular formula is C24H37N7. The summed E-state index contributed by atoms with van der Waals surface area (Å²) in [7, 11) is 2.18. The molecule has 2 aliphatic rings. The first kappa shape index (κ1) is 21.8. The van der Waals surface area contributed by atoms with Crippen LogP contribution in [0.15, 0.2) is 24.5 Å². The predicted octanol–water partition coefficient (Wildman–Crippen LogP) is 4.25. The second-order valence-corrected chi connectivity index (χ2v) is 8.91. The number of pyridine rings is 1. The van der Waals surface area contributed by atoms with Crippen LogP contribution in [0.2, 0.25) is 0 Å². The molecule has 2 N–H and O–H groups in total. The van der Waals surface area contributed by atoms with Crippen molar-refractivity contribution in [2.75, 3.05) is 55.3 Å². The molecule has 3 heterocycles. The Labute approximate surface area is 186 Å². The molecule has 2 aromatic heterocycles. The summed E-state index contributed by atoms with van der Waals surface area (Å²) in [5.41, 5.74) is 3.10. The zero-order chi connectivity index (χ0) is 21.5. The molecule has 7 nitrogen and oxygen atoms in total. The minimum atomic E-state index is 0.482. The minimum absolute atomic E-state index is 0.482. The molecule has 0 radical (unpaired) electrons. The van der Waals surface area contributed by atoms with Crippen molar-refractivity contribution in [3.05, 3.63) is 24.5 Å². The molecule has 168 valence electrons.